The van der Waals surface area contributed by atoms with E-state index in [-0.39, 0.29) is 0 Å². The highest BCUT2D eigenvalue weighted by Gasteiger charge is 2.25. The number of ether oxygens (including phenoxy) is 1. The summed E-state index contributed by atoms with van der Waals surface area (Å²) in [5.74, 6) is 0. The Labute approximate surface area is 116 Å². The van der Waals surface area contributed by atoms with E-state index in [0.717, 1.165) is 26.0 Å². The molecule has 0 aliphatic carbocycles. The standard InChI is InChI=1S/C15H27N3O/c1-4-12-10-13(18(3)17-12)11-14(16-5-2)15-8-6-7-9-19-15/h10,14-16H,4-9,11H2,1-3H3. The first-order chi connectivity index (χ1) is 9.24. The van der Waals surface area contributed by atoms with E-state index >= 15 is 0 Å². The lowest BCUT2D eigenvalue weighted by atomic mass is 9.98. The lowest BCUT2D eigenvalue weighted by molar-refractivity contribution is -0.00742. The highest BCUT2D eigenvalue weighted by Crippen LogP contribution is 2.19. The maximum Gasteiger partial charge on any atom is 0.0731 e. The molecule has 0 amide bonds. The van der Waals surface area contributed by atoms with Crippen molar-refractivity contribution in [2.75, 3.05) is 13.2 Å². The van der Waals surface area contributed by atoms with E-state index < -0.39 is 0 Å². The molecule has 0 saturated carbocycles. The molecule has 1 saturated heterocycles. The Morgan fingerprint density at radius 2 is 2.32 bits per heavy atom. The van der Waals surface area contributed by atoms with Crippen molar-refractivity contribution in [1.29, 1.82) is 0 Å². The van der Waals surface area contributed by atoms with Gasteiger partial charge < -0.3 is 10.1 Å². The fourth-order valence-electron chi connectivity index (χ4n) is 2.84. The second-order valence-electron chi connectivity index (χ2n) is 5.38. The minimum Gasteiger partial charge on any atom is -0.377 e. The molecule has 1 aromatic heterocycles. The summed E-state index contributed by atoms with van der Waals surface area (Å²) in [7, 11) is 2.04. The van der Waals surface area contributed by atoms with Crippen LogP contribution >= 0.6 is 0 Å². The van der Waals surface area contributed by atoms with Crippen LogP contribution < -0.4 is 5.32 Å². The molecule has 2 rings (SSSR count). The molecule has 0 spiro atoms. The summed E-state index contributed by atoms with van der Waals surface area (Å²) in [6.07, 6.45) is 6.03. The lowest BCUT2D eigenvalue weighted by Gasteiger charge is -2.31. The SMILES string of the molecule is CCNC(Cc1cc(CC)nn1C)C1CCCCO1. The van der Waals surface area contributed by atoms with Crippen molar-refractivity contribution in [1.82, 2.24) is 15.1 Å². The van der Waals surface area contributed by atoms with Crippen molar-refractivity contribution in [3.8, 4) is 0 Å². The second kappa shape index (κ2) is 7.06. The van der Waals surface area contributed by atoms with Crippen LogP contribution in [0.1, 0.15) is 44.5 Å². The van der Waals surface area contributed by atoms with E-state index in [1.165, 1.54) is 30.7 Å². The summed E-state index contributed by atoms with van der Waals surface area (Å²) < 4.78 is 7.97. The van der Waals surface area contributed by atoms with E-state index in [0.29, 0.717) is 12.1 Å². The maximum atomic E-state index is 5.95. The summed E-state index contributed by atoms with van der Waals surface area (Å²) in [6.45, 7) is 6.22. The molecule has 0 radical (unpaired) electrons. The monoisotopic (exact) mass is 265 g/mol. The quantitative estimate of drug-likeness (QED) is 0.856. The van der Waals surface area contributed by atoms with E-state index in [2.05, 4.69) is 30.3 Å². The zero-order valence-corrected chi connectivity index (χ0v) is 12.5. The molecule has 1 aliphatic rings. The average molecular weight is 265 g/mol. The summed E-state index contributed by atoms with van der Waals surface area (Å²) in [5.41, 5.74) is 2.48. The number of nitrogens with one attached hydrogen (secondary N) is 1. The highest BCUT2D eigenvalue weighted by molar-refractivity contribution is 5.12. The van der Waals surface area contributed by atoms with Gasteiger partial charge in [-0.2, -0.15) is 5.10 Å². The van der Waals surface area contributed by atoms with Gasteiger partial charge in [-0.15, -0.1) is 0 Å². The van der Waals surface area contributed by atoms with Crippen molar-refractivity contribution in [2.45, 2.75) is 58.1 Å². The molecule has 4 heteroatoms. The molecule has 1 aliphatic heterocycles. The zero-order valence-electron chi connectivity index (χ0n) is 12.5. The van der Waals surface area contributed by atoms with Crippen LogP contribution in [0.15, 0.2) is 6.07 Å². The molecule has 2 atom stereocenters. The third kappa shape index (κ3) is 3.80. The van der Waals surface area contributed by atoms with E-state index in [1.807, 2.05) is 11.7 Å². The molecule has 1 fully saturated rings. The second-order valence-corrected chi connectivity index (χ2v) is 5.38. The predicted molar refractivity (Wildman–Crippen MR) is 77.3 cm³/mol. The van der Waals surface area contributed by atoms with Gasteiger partial charge in [-0.25, -0.2) is 0 Å². The molecule has 19 heavy (non-hydrogen) atoms. The highest BCUT2D eigenvalue weighted by atomic mass is 16.5. The minimum absolute atomic E-state index is 0.355. The van der Waals surface area contributed by atoms with Crippen LogP contribution in [0.2, 0.25) is 0 Å². The molecule has 108 valence electrons. The third-order valence-electron chi connectivity index (χ3n) is 3.95. The van der Waals surface area contributed by atoms with Crippen molar-refractivity contribution in [3.05, 3.63) is 17.5 Å². The molecule has 1 N–H and O–H groups in total. The summed E-state index contributed by atoms with van der Waals surface area (Å²) in [6, 6.07) is 2.64. The van der Waals surface area contributed by atoms with Crippen LogP contribution in [0.25, 0.3) is 0 Å². The summed E-state index contributed by atoms with van der Waals surface area (Å²) >= 11 is 0. The maximum absolute atomic E-state index is 5.95. The average Bonchev–Trinajstić information content (AvgIpc) is 2.80. The van der Waals surface area contributed by atoms with Gasteiger partial charge in [0.05, 0.1) is 11.8 Å². The number of hydrogen-bond donors (Lipinski definition) is 1. The van der Waals surface area contributed by atoms with Crippen LogP contribution in [-0.2, 0) is 24.6 Å². The summed E-state index contributed by atoms with van der Waals surface area (Å²) in [4.78, 5) is 0. The topological polar surface area (TPSA) is 39.1 Å². The Morgan fingerprint density at radius 3 is 2.89 bits per heavy atom. The number of aromatic nitrogens is 2. The minimum atomic E-state index is 0.355. The largest absolute Gasteiger partial charge is 0.377 e. The molecule has 2 heterocycles. The number of hydrogen-bond acceptors (Lipinski definition) is 3. The number of aryl methyl sites for hydroxylation is 2. The van der Waals surface area contributed by atoms with Gasteiger partial charge >= 0.3 is 0 Å². The Balaban J connectivity index is 2.04. The first-order valence-corrected chi connectivity index (χ1v) is 7.61. The lowest BCUT2D eigenvalue weighted by Crippen LogP contribution is -2.44. The number of nitrogens with zero attached hydrogens (tertiary/aromatic N) is 2. The van der Waals surface area contributed by atoms with E-state index in [1.54, 1.807) is 0 Å². The molecule has 0 aromatic carbocycles. The Kier molecular flexibility index (Phi) is 5.40. The molecule has 2 unspecified atom stereocenters. The van der Waals surface area contributed by atoms with Gasteiger partial charge in [0, 0.05) is 31.8 Å². The zero-order chi connectivity index (χ0) is 13.7. The van der Waals surface area contributed by atoms with Crippen molar-refractivity contribution in [3.63, 3.8) is 0 Å². The first-order valence-electron chi connectivity index (χ1n) is 7.61. The van der Waals surface area contributed by atoms with Gasteiger partial charge in [-0.05, 0) is 38.3 Å². The fraction of sp³-hybridized carbons (Fsp3) is 0.800. The smallest absolute Gasteiger partial charge is 0.0731 e. The van der Waals surface area contributed by atoms with Gasteiger partial charge in [-0.3, -0.25) is 4.68 Å². The van der Waals surface area contributed by atoms with Crippen molar-refractivity contribution in [2.24, 2.45) is 7.05 Å². The van der Waals surface area contributed by atoms with Gasteiger partial charge in [-0.1, -0.05) is 13.8 Å². The molecular weight excluding hydrogens is 238 g/mol. The number of rotatable bonds is 6. The number of likely N-dealkylation sites (N-methyl/N-ethyl adjacent to an activating group) is 1. The van der Waals surface area contributed by atoms with Crippen LogP contribution in [0.4, 0.5) is 0 Å². The Bertz CT molecular complexity index is 383. The molecule has 0 bridgehead atoms. The Hall–Kier alpha value is -0.870. The van der Waals surface area contributed by atoms with Crippen molar-refractivity contribution < 1.29 is 4.74 Å². The van der Waals surface area contributed by atoms with Gasteiger partial charge in [0.1, 0.15) is 0 Å². The van der Waals surface area contributed by atoms with Gasteiger partial charge in [0.2, 0.25) is 0 Å². The fourth-order valence-corrected chi connectivity index (χ4v) is 2.84. The molecular formula is C15H27N3O. The van der Waals surface area contributed by atoms with Gasteiger partial charge in [0.25, 0.3) is 0 Å². The van der Waals surface area contributed by atoms with Crippen LogP contribution in [-0.4, -0.2) is 35.1 Å². The normalized spacial score (nSPS) is 21.5. The molecule has 1 aromatic rings. The third-order valence-corrected chi connectivity index (χ3v) is 3.95. The van der Waals surface area contributed by atoms with E-state index in [4.69, 9.17) is 4.74 Å². The Morgan fingerprint density at radius 1 is 1.47 bits per heavy atom. The van der Waals surface area contributed by atoms with Crippen molar-refractivity contribution >= 4 is 0 Å². The van der Waals surface area contributed by atoms with Gasteiger partial charge in [0.15, 0.2) is 0 Å². The summed E-state index contributed by atoms with van der Waals surface area (Å²) in [5, 5.41) is 8.12. The predicted octanol–water partition coefficient (Wildman–Crippen LogP) is 2.07. The molecule has 4 nitrogen and oxygen atoms in total. The first kappa shape index (κ1) is 14.5. The van der Waals surface area contributed by atoms with Crippen LogP contribution in [0.3, 0.4) is 0 Å². The van der Waals surface area contributed by atoms with E-state index in [9.17, 15) is 0 Å². The van der Waals surface area contributed by atoms with Crippen LogP contribution in [0.5, 0.6) is 0 Å². The van der Waals surface area contributed by atoms with Crippen LogP contribution in [0, 0.1) is 0 Å².